The maximum atomic E-state index is 14.9. The number of halogens is 2. The van der Waals surface area contributed by atoms with Gasteiger partial charge in [-0.2, -0.15) is 0 Å². The minimum atomic E-state index is -0.350. The minimum Gasteiger partial charge on any atom is -0.345 e. The second-order valence-electron chi connectivity index (χ2n) is 7.77. The molecule has 0 N–H and O–H groups in total. The lowest BCUT2D eigenvalue weighted by atomic mass is 9.97. The van der Waals surface area contributed by atoms with Crippen LogP contribution in [0.2, 0.25) is 0 Å². The summed E-state index contributed by atoms with van der Waals surface area (Å²) in [4.78, 5) is 19.9. The highest BCUT2D eigenvalue weighted by Crippen LogP contribution is 2.26. The van der Waals surface area contributed by atoms with Gasteiger partial charge in [-0.3, -0.25) is 14.7 Å². The molecule has 1 aromatic rings. The zero-order valence-electron chi connectivity index (χ0n) is 20.6. The number of benzene rings is 1. The van der Waals surface area contributed by atoms with Gasteiger partial charge in [0.1, 0.15) is 5.82 Å². The first-order valence-corrected chi connectivity index (χ1v) is 12.4. The molecular formula is C26H36BrFN3OP. The molecule has 2 rings (SSSR count). The first-order valence-electron chi connectivity index (χ1n) is 11.0. The third-order valence-corrected chi connectivity index (χ3v) is 6.19. The molecular weight excluding hydrogens is 500 g/mol. The topological polar surface area (TPSA) is 35.9 Å². The third kappa shape index (κ3) is 8.77. The molecule has 1 unspecified atom stereocenters. The molecule has 1 aliphatic rings. The van der Waals surface area contributed by atoms with E-state index in [1.165, 1.54) is 16.5 Å². The van der Waals surface area contributed by atoms with Gasteiger partial charge in [-0.25, -0.2) is 4.39 Å². The summed E-state index contributed by atoms with van der Waals surface area (Å²) >= 11 is 3.51. The molecule has 0 saturated heterocycles. The molecule has 0 radical (unpaired) electrons. The predicted octanol–water partition coefficient (Wildman–Crippen LogP) is 5.63. The van der Waals surface area contributed by atoms with Crippen LogP contribution in [-0.2, 0) is 0 Å². The fourth-order valence-corrected chi connectivity index (χ4v) is 4.18. The monoisotopic (exact) mass is 535 g/mol. The Morgan fingerprint density at radius 1 is 1.36 bits per heavy atom. The number of hydrogen-bond donors (Lipinski definition) is 0. The Balaban J connectivity index is 0.00000265. The van der Waals surface area contributed by atoms with Crippen LogP contribution in [0, 0.1) is 5.82 Å². The number of carbonyl (C=O) groups excluding carboxylic acids is 1. The molecule has 0 aliphatic carbocycles. The molecule has 1 amide bonds. The highest BCUT2D eigenvalue weighted by atomic mass is 79.9. The highest BCUT2D eigenvalue weighted by Gasteiger charge is 2.20. The van der Waals surface area contributed by atoms with E-state index in [0.717, 1.165) is 41.7 Å². The van der Waals surface area contributed by atoms with Crippen LogP contribution in [-0.4, -0.2) is 62.7 Å². The zero-order chi connectivity index (χ0) is 25.1. The van der Waals surface area contributed by atoms with Crippen molar-refractivity contribution in [1.29, 1.82) is 0 Å². The van der Waals surface area contributed by atoms with E-state index in [1.54, 1.807) is 33.4 Å². The van der Waals surface area contributed by atoms with E-state index in [-0.39, 0.29) is 11.7 Å². The van der Waals surface area contributed by atoms with Crippen molar-refractivity contribution in [2.45, 2.75) is 27.2 Å². The number of aliphatic imine (C=N–C) groups is 1. The Labute approximate surface area is 209 Å². The summed E-state index contributed by atoms with van der Waals surface area (Å²) in [6.45, 7) is 12.6. The second-order valence-corrected chi connectivity index (χ2v) is 9.25. The number of hydrogen-bond acceptors (Lipinski definition) is 3. The Bertz CT molecular complexity index is 957. The number of amides is 1. The maximum Gasteiger partial charge on any atom is 0.253 e. The lowest BCUT2D eigenvalue weighted by Crippen LogP contribution is -2.31. The normalized spacial score (nSPS) is 15.1. The van der Waals surface area contributed by atoms with E-state index < -0.39 is 0 Å². The summed E-state index contributed by atoms with van der Waals surface area (Å²) in [5.41, 5.74) is 4.03. The van der Waals surface area contributed by atoms with E-state index in [9.17, 15) is 9.18 Å². The van der Waals surface area contributed by atoms with Crippen molar-refractivity contribution in [3.8, 4) is 0 Å². The second kappa shape index (κ2) is 14.4. The summed E-state index contributed by atoms with van der Waals surface area (Å²) in [6.07, 6.45) is 8.49. The quantitative estimate of drug-likeness (QED) is 0.258. The summed E-state index contributed by atoms with van der Waals surface area (Å²) in [7, 11) is 7.62. The van der Waals surface area contributed by atoms with Crippen LogP contribution >= 0.6 is 25.2 Å². The van der Waals surface area contributed by atoms with E-state index in [1.807, 2.05) is 19.9 Å². The van der Waals surface area contributed by atoms with Crippen molar-refractivity contribution in [1.82, 2.24) is 9.80 Å². The molecule has 1 heterocycles. The SMILES string of the molecule is C=C(/C=C(\C)CN1CC=C(c2c(F)cc(C(=O)N(C)C)cc2P)CC1)/C(Br)=C\C=NC.CC. The van der Waals surface area contributed by atoms with Crippen LogP contribution in [0.15, 0.2) is 57.6 Å². The predicted molar refractivity (Wildman–Crippen MR) is 148 cm³/mol. The van der Waals surface area contributed by atoms with E-state index in [4.69, 9.17) is 0 Å². The fraction of sp³-hybridized carbons (Fsp3) is 0.385. The van der Waals surface area contributed by atoms with Gasteiger partial charge < -0.3 is 4.90 Å². The minimum absolute atomic E-state index is 0.203. The van der Waals surface area contributed by atoms with Crippen molar-refractivity contribution >= 4 is 48.2 Å². The molecule has 1 atom stereocenters. The van der Waals surface area contributed by atoms with Gasteiger partial charge in [0.15, 0.2) is 0 Å². The average Bonchev–Trinajstić information content (AvgIpc) is 2.78. The molecule has 0 fully saturated rings. The molecule has 1 aliphatic heterocycles. The number of allylic oxidation sites excluding steroid dienone is 4. The molecule has 7 heteroatoms. The van der Waals surface area contributed by atoms with Crippen LogP contribution in [0.1, 0.15) is 43.1 Å². The van der Waals surface area contributed by atoms with Crippen LogP contribution in [0.3, 0.4) is 0 Å². The van der Waals surface area contributed by atoms with Crippen molar-refractivity contribution in [2.24, 2.45) is 4.99 Å². The number of carbonyl (C=O) groups is 1. The van der Waals surface area contributed by atoms with Gasteiger partial charge in [0.2, 0.25) is 0 Å². The Morgan fingerprint density at radius 2 is 2.03 bits per heavy atom. The highest BCUT2D eigenvalue weighted by molar-refractivity contribution is 9.12. The fourth-order valence-electron chi connectivity index (χ4n) is 3.44. The third-order valence-electron chi connectivity index (χ3n) is 4.96. The van der Waals surface area contributed by atoms with Gasteiger partial charge in [0.05, 0.1) is 0 Å². The van der Waals surface area contributed by atoms with Crippen LogP contribution in [0.25, 0.3) is 5.57 Å². The van der Waals surface area contributed by atoms with E-state index in [2.05, 4.69) is 60.7 Å². The first kappa shape index (κ1) is 29.2. The van der Waals surface area contributed by atoms with Crippen LogP contribution in [0.4, 0.5) is 4.39 Å². The van der Waals surface area contributed by atoms with Crippen molar-refractivity contribution in [3.05, 3.63) is 69.5 Å². The van der Waals surface area contributed by atoms with Crippen molar-refractivity contribution < 1.29 is 9.18 Å². The lowest BCUT2D eigenvalue weighted by molar-refractivity contribution is 0.0827. The first-order chi connectivity index (χ1) is 15.6. The van der Waals surface area contributed by atoms with Crippen LogP contribution < -0.4 is 5.30 Å². The smallest absolute Gasteiger partial charge is 0.253 e. The Morgan fingerprint density at radius 3 is 2.55 bits per heavy atom. The maximum absolute atomic E-state index is 14.9. The van der Waals surface area contributed by atoms with Gasteiger partial charge in [0, 0.05) is 62.6 Å². The van der Waals surface area contributed by atoms with Crippen molar-refractivity contribution in [2.75, 3.05) is 40.8 Å². The van der Waals surface area contributed by atoms with Crippen molar-refractivity contribution in [3.63, 3.8) is 0 Å². The average molecular weight is 536 g/mol. The molecule has 4 nitrogen and oxygen atoms in total. The molecule has 0 saturated carbocycles. The summed E-state index contributed by atoms with van der Waals surface area (Å²) < 4.78 is 15.8. The van der Waals surface area contributed by atoms with Gasteiger partial charge in [-0.05, 0) is 48.0 Å². The zero-order valence-corrected chi connectivity index (χ0v) is 23.3. The molecule has 1 aromatic carbocycles. The lowest BCUT2D eigenvalue weighted by Gasteiger charge is -2.27. The van der Waals surface area contributed by atoms with E-state index >= 15 is 0 Å². The summed E-state index contributed by atoms with van der Waals surface area (Å²) in [6, 6.07) is 3.08. The van der Waals surface area contributed by atoms with Gasteiger partial charge in [-0.1, -0.05) is 54.1 Å². The molecule has 0 bridgehead atoms. The number of nitrogens with zero attached hydrogens (tertiary/aromatic N) is 3. The van der Waals surface area contributed by atoms with Crippen LogP contribution in [0.5, 0.6) is 0 Å². The largest absolute Gasteiger partial charge is 0.345 e. The Hall–Kier alpha value is -1.88. The molecule has 180 valence electrons. The molecule has 33 heavy (non-hydrogen) atoms. The van der Waals surface area contributed by atoms with E-state index in [0.29, 0.717) is 16.4 Å². The van der Waals surface area contributed by atoms with Gasteiger partial charge in [-0.15, -0.1) is 9.24 Å². The number of rotatable bonds is 7. The standard InChI is InChI=1S/C24H30BrFN3OP.C2H6/c1-16(12-17(2)20(25)6-9-27-3)15-29-10-7-18(8-11-29)23-21(26)13-19(14-22(23)31)24(30)28(4)5;1-2/h6-7,9,12-14H,2,8,10-11,15,31H2,1,3-5H3;1-2H3/b16-12+,20-6+,27-9?;. The van der Waals surface area contributed by atoms with Gasteiger partial charge >= 0.3 is 0 Å². The van der Waals surface area contributed by atoms with Gasteiger partial charge in [0.25, 0.3) is 5.91 Å². The molecule has 0 spiro atoms. The summed E-state index contributed by atoms with van der Waals surface area (Å²) in [5, 5.41) is 0.713. The molecule has 0 aromatic heterocycles. The summed E-state index contributed by atoms with van der Waals surface area (Å²) in [5.74, 6) is -0.553. The Kier molecular flexibility index (Phi) is 12.7.